The van der Waals surface area contributed by atoms with E-state index in [1.165, 1.54) is 6.42 Å². The number of rotatable bonds is 3. The number of piperidine rings is 1. The smallest absolute Gasteiger partial charge is 0.239 e. The van der Waals surface area contributed by atoms with Gasteiger partial charge in [0.25, 0.3) is 0 Å². The number of halogens is 1. The normalized spacial score (nSPS) is 19.6. The Balaban J connectivity index is 1.92. The van der Waals surface area contributed by atoms with E-state index >= 15 is 0 Å². The number of nitrogens with one attached hydrogen (secondary N) is 1. The zero-order valence-corrected chi connectivity index (χ0v) is 11.4. The molecule has 0 aromatic heterocycles. The van der Waals surface area contributed by atoms with Crippen LogP contribution in [-0.4, -0.2) is 30.4 Å². The maximum Gasteiger partial charge on any atom is 0.239 e. The first-order valence-electron chi connectivity index (χ1n) is 6.39. The van der Waals surface area contributed by atoms with Crippen molar-refractivity contribution in [3.05, 3.63) is 34.9 Å². The van der Waals surface area contributed by atoms with Gasteiger partial charge in [0.2, 0.25) is 5.91 Å². The molecule has 0 unspecified atom stereocenters. The molecular formula is C14H19ClN2O. The van der Waals surface area contributed by atoms with E-state index in [2.05, 4.69) is 5.32 Å². The van der Waals surface area contributed by atoms with Gasteiger partial charge in [0.05, 0.1) is 6.04 Å². The molecule has 3 nitrogen and oxygen atoms in total. The molecule has 1 saturated heterocycles. The fourth-order valence-electron chi connectivity index (χ4n) is 2.27. The van der Waals surface area contributed by atoms with E-state index < -0.39 is 0 Å². The first-order chi connectivity index (χ1) is 8.66. The SMILES string of the molecule is CN(Cc1ccc(Cl)cc1)C(=O)[C@@H]1CCCCN1. The summed E-state index contributed by atoms with van der Waals surface area (Å²) < 4.78 is 0. The van der Waals surface area contributed by atoms with Gasteiger partial charge in [0, 0.05) is 18.6 Å². The van der Waals surface area contributed by atoms with Crippen LogP contribution in [0, 0.1) is 0 Å². The second kappa shape index (κ2) is 6.21. The highest BCUT2D eigenvalue weighted by Gasteiger charge is 2.23. The lowest BCUT2D eigenvalue weighted by molar-refractivity contribution is -0.133. The number of hydrogen-bond donors (Lipinski definition) is 1. The Morgan fingerprint density at radius 1 is 1.39 bits per heavy atom. The van der Waals surface area contributed by atoms with Gasteiger partial charge in [-0.15, -0.1) is 0 Å². The summed E-state index contributed by atoms with van der Waals surface area (Å²) in [6.07, 6.45) is 3.26. The van der Waals surface area contributed by atoms with E-state index in [1.54, 1.807) is 4.90 Å². The summed E-state index contributed by atoms with van der Waals surface area (Å²) in [5.74, 6) is 0.185. The number of nitrogens with zero attached hydrogens (tertiary/aromatic N) is 1. The first kappa shape index (κ1) is 13.4. The highest BCUT2D eigenvalue weighted by Crippen LogP contribution is 2.13. The predicted octanol–water partition coefficient (Wildman–Crippen LogP) is 2.44. The summed E-state index contributed by atoms with van der Waals surface area (Å²) in [6.45, 7) is 1.58. The molecule has 1 aromatic carbocycles. The third kappa shape index (κ3) is 3.47. The highest BCUT2D eigenvalue weighted by molar-refractivity contribution is 6.30. The molecule has 1 fully saturated rings. The molecule has 2 rings (SSSR count). The van der Waals surface area contributed by atoms with Gasteiger partial charge >= 0.3 is 0 Å². The van der Waals surface area contributed by atoms with Crippen molar-refractivity contribution in [2.75, 3.05) is 13.6 Å². The van der Waals surface area contributed by atoms with Crippen LogP contribution in [0.15, 0.2) is 24.3 Å². The molecule has 4 heteroatoms. The van der Waals surface area contributed by atoms with Crippen LogP contribution in [0.4, 0.5) is 0 Å². The molecule has 1 N–H and O–H groups in total. The standard InChI is InChI=1S/C14H19ClN2O/c1-17(10-11-5-7-12(15)8-6-11)14(18)13-4-2-3-9-16-13/h5-8,13,16H,2-4,9-10H2,1H3/t13-/m0/s1. The van der Waals surface area contributed by atoms with E-state index in [-0.39, 0.29) is 11.9 Å². The van der Waals surface area contributed by atoms with Crippen molar-refractivity contribution in [3.8, 4) is 0 Å². The van der Waals surface area contributed by atoms with Crippen LogP contribution in [-0.2, 0) is 11.3 Å². The second-order valence-corrected chi connectivity index (χ2v) is 5.26. The zero-order chi connectivity index (χ0) is 13.0. The lowest BCUT2D eigenvalue weighted by atomic mass is 10.0. The molecule has 1 aliphatic heterocycles. The summed E-state index contributed by atoms with van der Waals surface area (Å²) in [6, 6.07) is 7.62. The van der Waals surface area contributed by atoms with Gasteiger partial charge < -0.3 is 10.2 Å². The van der Waals surface area contributed by atoms with Gasteiger partial charge in [-0.05, 0) is 37.1 Å². The zero-order valence-electron chi connectivity index (χ0n) is 10.7. The Morgan fingerprint density at radius 2 is 2.11 bits per heavy atom. The number of carbonyl (C=O) groups excluding carboxylic acids is 1. The minimum absolute atomic E-state index is 0.00366. The summed E-state index contributed by atoms with van der Waals surface area (Å²) in [5.41, 5.74) is 1.10. The maximum atomic E-state index is 12.2. The average Bonchev–Trinajstić information content (AvgIpc) is 2.41. The molecule has 1 aromatic rings. The van der Waals surface area contributed by atoms with Crippen molar-refractivity contribution in [2.24, 2.45) is 0 Å². The van der Waals surface area contributed by atoms with Gasteiger partial charge in [-0.3, -0.25) is 4.79 Å². The fourth-order valence-corrected chi connectivity index (χ4v) is 2.40. The predicted molar refractivity (Wildman–Crippen MR) is 73.6 cm³/mol. The van der Waals surface area contributed by atoms with E-state index in [0.717, 1.165) is 30.0 Å². The third-order valence-electron chi connectivity index (χ3n) is 3.32. The van der Waals surface area contributed by atoms with Crippen LogP contribution in [0.5, 0.6) is 0 Å². The summed E-state index contributed by atoms with van der Waals surface area (Å²) >= 11 is 5.84. The van der Waals surface area contributed by atoms with Crippen molar-refractivity contribution < 1.29 is 4.79 Å². The lowest BCUT2D eigenvalue weighted by Gasteiger charge is -2.27. The largest absolute Gasteiger partial charge is 0.340 e. The molecular weight excluding hydrogens is 248 g/mol. The highest BCUT2D eigenvalue weighted by atomic mass is 35.5. The van der Waals surface area contributed by atoms with Gasteiger partial charge in [-0.25, -0.2) is 0 Å². The van der Waals surface area contributed by atoms with E-state index in [9.17, 15) is 4.79 Å². The molecule has 0 radical (unpaired) electrons. The van der Waals surface area contributed by atoms with Gasteiger partial charge in [-0.2, -0.15) is 0 Å². The second-order valence-electron chi connectivity index (χ2n) is 4.82. The van der Waals surface area contributed by atoms with Gasteiger partial charge in [0.15, 0.2) is 0 Å². The van der Waals surface area contributed by atoms with E-state index in [4.69, 9.17) is 11.6 Å². The molecule has 0 aliphatic carbocycles. The maximum absolute atomic E-state index is 12.2. The summed E-state index contributed by atoms with van der Waals surface area (Å²) in [4.78, 5) is 14.0. The number of carbonyl (C=O) groups is 1. The molecule has 1 amide bonds. The van der Waals surface area contributed by atoms with Crippen molar-refractivity contribution in [3.63, 3.8) is 0 Å². The Kier molecular flexibility index (Phi) is 4.61. The Morgan fingerprint density at radius 3 is 2.72 bits per heavy atom. The molecule has 0 saturated carbocycles. The molecule has 1 atom stereocenters. The van der Waals surface area contributed by atoms with Crippen molar-refractivity contribution in [1.29, 1.82) is 0 Å². The van der Waals surface area contributed by atoms with E-state index in [1.807, 2.05) is 31.3 Å². The topological polar surface area (TPSA) is 32.3 Å². The Labute approximate surface area is 113 Å². The number of likely N-dealkylation sites (N-methyl/N-ethyl adjacent to an activating group) is 1. The van der Waals surface area contributed by atoms with Crippen LogP contribution in [0.25, 0.3) is 0 Å². The average molecular weight is 267 g/mol. The minimum Gasteiger partial charge on any atom is -0.340 e. The number of benzene rings is 1. The van der Waals surface area contributed by atoms with Crippen molar-refractivity contribution in [1.82, 2.24) is 10.2 Å². The monoisotopic (exact) mass is 266 g/mol. The van der Waals surface area contributed by atoms with Gasteiger partial charge in [0.1, 0.15) is 0 Å². The molecule has 0 spiro atoms. The Bertz CT molecular complexity index is 399. The van der Waals surface area contributed by atoms with Crippen LogP contribution in [0.3, 0.4) is 0 Å². The first-order valence-corrected chi connectivity index (χ1v) is 6.77. The lowest BCUT2D eigenvalue weighted by Crippen LogP contribution is -2.46. The van der Waals surface area contributed by atoms with Crippen molar-refractivity contribution >= 4 is 17.5 Å². The molecule has 1 heterocycles. The Hall–Kier alpha value is -1.06. The quantitative estimate of drug-likeness (QED) is 0.911. The molecule has 98 valence electrons. The van der Waals surface area contributed by atoms with Gasteiger partial charge in [-0.1, -0.05) is 30.2 Å². The van der Waals surface area contributed by atoms with Crippen LogP contribution < -0.4 is 5.32 Å². The fraction of sp³-hybridized carbons (Fsp3) is 0.500. The summed E-state index contributed by atoms with van der Waals surface area (Å²) in [7, 11) is 1.85. The number of amides is 1. The van der Waals surface area contributed by atoms with Crippen molar-refractivity contribution in [2.45, 2.75) is 31.8 Å². The van der Waals surface area contributed by atoms with E-state index in [0.29, 0.717) is 6.54 Å². The molecule has 1 aliphatic rings. The van der Waals surface area contributed by atoms with Crippen LogP contribution in [0.2, 0.25) is 5.02 Å². The van der Waals surface area contributed by atoms with Crippen LogP contribution in [0.1, 0.15) is 24.8 Å². The minimum atomic E-state index is -0.00366. The summed E-state index contributed by atoms with van der Waals surface area (Å²) in [5, 5.41) is 4.01. The molecule has 18 heavy (non-hydrogen) atoms. The number of hydrogen-bond acceptors (Lipinski definition) is 2. The third-order valence-corrected chi connectivity index (χ3v) is 3.57. The molecule has 0 bridgehead atoms. The van der Waals surface area contributed by atoms with Crippen LogP contribution >= 0.6 is 11.6 Å².